The highest BCUT2D eigenvalue weighted by Gasteiger charge is 2.37. The van der Waals surface area contributed by atoms with Crippen molar-refractivity contribution < 1.29 is 13.9 Å². The van der Waals surface area contributed by atoms with Crippen molar-refractivity contribution in [3.8, 4) is 0 Å². The Hall–Kier alpha value is -2.29. The first-order valence-corrected chi connectivity index (χ1v) is 11.3. The summed E-state index contributed by atoms with van der Waals surface area (Å²) in [5.41, 5.74) is 6.13. The smallest absolute Gasteiger partial charge is 0.330 e. The van der Waals surface area contributed by atoms with Gasteiger partial charge in [0.1, 0.15) is 11.5 Å². The van der Waals surface area contributed by atoms with E-state index in [1.54, 1.807) is 6.08 Å². The molecular formula is C27H34O3. The third-order valence-electron chi connectivity index (χ3n) is 7.08. The predicted molar refractivity (Wildman–Crippen MR) is 121 cm³/mol. The first-order chi connectivity index (χ1) is 14.2. The van der Waals surface area contributed by atoms with E-state index in [0.717, 1.165) is 30.8 Å². The van der Waals surface area contributed by atoms with Crippen LogP contribution in [0.25, 0.3) is 6.08 Å². The average molecular weight is 407 g/mol. The Bertz CT molecular complexity index is 974. The molecule has 3 heteroatoms. The number of benzene rings is 1. The van der Waals surface area contributed by atoms with Gasteiger partial charge >= 0.3 is 5.97 Å². The van der Waals surface area contributed by atoms with Gasteiger partial charge in [-0.1, -0.05) is 45.9 Å². The molecule has 0 amide bonds. The molecule has 1 heterocycles. The highest BCUT2D eigenvalue weighted by atomic mass is 16.5. The van der Waals surface area contributed by atoms with Crippen LogP contribution in [0.5, 0.6) is 0 Å². The number of furan rings is 1. The number of rotatable bonds is 4. The van der Waals surface area contributed by atoms with Gasteiger partial charge in [0.15, 0.2) is 0 Å². The molecule has 3 nitrogen and oxygen atoms in total. The maximum atomic E-state index is 11.6. The largest absolute Gasteiger partial charge is 0.463 e. The molecule has 0 saturated carbocycles. The molecule has 1 unspecified atom stereocenters. The molecule has 1 atom stereocenters. The minimum absolute atomic E-state index is 0.211. The predicted octanol–water partition coefficient (Wildman–Crippen LogP) is 6.67. The van der Waals surface area contributed by atoms with Crippen molar-refractivity contribution in [2.75, 3.05) is 6.61 Å². The van der Waals surface area contributed by atoms with Crippen molar-refractivity contribution in [3.63, 3.8) is 0 Å². The number of hydrogen-bond acceptors (Lipinski definition) is 3. The second-order valence-electron chi connectivity index (χ2n) is 10.1. The van der Waals surface area contributed by atoms with Gasteiger partial charge in [0.2, 0.25) is 0 Å². The number of esters is 1. The fourth-order valence-corrected chi connectivity index (χ4v) is 5.17. The Kier molecular flexibility index (Phi) is 5.42. The van der Waals surface area contributed by atoms with E-state index in [4.69, 9.17) is 9.15 Å². The molecule has 0 radical (unpaired) electrons. The van der Waals surface area contributed by atoms with Gasteiger partial charge in [-0.15, -0.1) is 0 Å². The zero-order valence-corrected chi connectivity index (χ0v) is 19.0. The molecule has 4 rings (SSSR count). The summed E-state index contributed by atoms with van der Waals surface area (Å²) in [5, 5.41) is 0. The van der Waals surface area contributed by atoms with Crippen molar-refractivity contribution in [1.29, 1.82) is 0 Å². The molecule has 0 saturated heterocycles. The van der Waals surface area contributed by atoms with Gasteiger partial charge < -0.3 is 9.15 Å². The fraction of sp³-hybridized carbons (Fsp3) is 0.519. The standard InChI is InChI=1S/C27H34O3/c1-6-29-25(28)13-11-19-17-21-20(8-7-9-24(21)30-19)18-10-12-22-23(16-18)27(4,5)15-14-26(22,2)3/h10-13,16-17,20H,6-9,14-15H2,1-5H3. The molecular weight excluding hydrogens is 372 g/mol. The van der Waals surface area contributed by atoms with Crippen molar-refractivity contribution in [1.82, 2.24) is 0 Å². The van der Waals surface area contributed by atoms with E-state index in [9.17, 15) is 4.79 Å². The van der Waals surface area contributed by atoms with Crippen molar-refractivity contribution in [2.24, 2.45) is 0 Å². The van der Waals surface area contributed by atoms with E-state index in [1.165, 1.54) is 41.2 Å². The van der Waals surface area contributed by atoms with E-state index in [1.807, 2.05) is 6.92 Å². The lowest BCUT2D eigenvalue weighted by atomic mass is 9.62. The van der Waals surface area contributed by atoms with Gasteiger partial charge in [-0.2, -0.15) is 0 Å². The topological polar surface area (TPSA) is 39.4 Å². The molecule has 0 fully saturated rings. The molecule has 0 bridgehead atoms. The molecule has 1 aromatic heterocycles. The summed E-state index contributed by atoms with van der Waals surface area (Å²) in [4.78, 5) is 11.6. The van der Waals surface area contributed by atoms with E-state index in [-0.39, 0.29) is 16.8 Å². The summed E-state index contributed by atoms with van der Waals surface area (Å²) in [5.74, 6) is 1.82. The third-order valence-corrected chi connectivity index (χ3v) is 7.08. The number of carbonyl (C=O) groups excluding carboxylic acids is 1. The second kappa shape index (κ2) is 7.76. The van der Waals surface area contributed by atoms with Crippen LogP contribution in [0, 0.1) is 0 Å². The monoisotopic (exact) mass is 406 g/mol. The van der Waals surface area contributed by atoms with Crippen LogP contribution in [-0.2, 0) is 26.8 Å². The van der Waals surface area contributed by atoms with Crippen LogP contribution in [0.1, 0.15) is 100.0 Å². The summed E-state index contributed by atoms with van der Waals surface area (Å²) < 4.78 is 11.1. The van der Waals surface area contributed by atoms with Gasteiger partial charge in [0.25, 0.3) is 0 Å². The first-order valence-electron chi connectivity index (χ1n) is 11.3. The normalized spacial score (nSPS) is 21.8. The van der Waals surface area contributed by atoms with Gasteiger partial charge in [-0.3, -0.25) is 0 Å². The maximum Gasteiger partial charge on any atom is 0.330 e. The van der Waals surface area contributed by atoms with E-state index in [0.29, 0.717) is 12.5 Å². The average Bonchev–Trinajstić information content (AvgIpc) is 3.13. The molecule has 2 aromatic rings. The molecule has 0 spiro atoms. The molecule has 2 aliphatic carbocycles. The molecule has 1 aromatic carbocycles. The van der Waals surface area contributed by atoms with Crippen LogP contribution in [0.15, 0.2) is 34.8 Å². The lowest BCUT2D eigenvalue weighted by Gasteiger charge is -2.42. The molecule has 160 valence electrons. The van der Waals surface area contributed by atoms with Gasteiger partial charge in [-0.25, -0.2) is 4.79 Å². The van der Waals surface area contributed by atoms with Crippen LogP contribution < -0.4 is 0 Å². The summed E-state index contributed by atoms with van der Waals surface area (Å²) in [6, 6.07) is 9.30. The van der Waals surface area contributed by atoms with Crippen LogP contribution in [-0.4, -0.2) is 12.6 Å². The second-order valence-corrected chi connectivity index (χ2v) is 10.1. The molecule has 0 N–H and O–H groups in total. The minimum Gasteiger partial charge on any atom is -0.463 e. The summed E-state index contributed by atoms with van der Waals surface area (Å²) >= 11 is 0. The quantitative estimate of drug-likeness (QED) is 0.420. The Balaban J connectivity index is 1.68. The summed E-state index contributed by atoms with van der Waals surface area (Å²) in [6.45, 7) is 11.7. The number of fused-ring (bicyclic) bond motifs is 2. The highest BCUT2D eigenvalue weighted by molar-refractivity contribution is 5.86. The van der Waals surface area contributed by atoms with Gasteiger partial charge in [0, 0.05) is 24.0 Å². The number of carbonyl (C=O) groups is 1. The third kappa shape index (κ3) is 3.87. The van der Waals surface area contributed by atoms with E-state index >= 15 is 0 Å². The first kappa shape index (κ1) is 21.0. The minimum atomic E-state index is -0.331. The van der Waals surface area contributed by atoms with Gasteiger partial charge in [0.05, 0.1) is 6.61 Å². The van der Waals surface area contributed by atoms with E-state index in [2.05, 4.69) is 52.0 Å². The molecule has 30 heavy (non-hydrogen) atoms. The van der Waals surface area contributed by atoms with Crippen LogP contribution >= 0.6 is 0 Å². The van der Waals surface area contributed by atoms with Crippen molar-refractivity contribution in [3.05, 3.63) is 64.1 Å². The maximum absolute atomic E-state index is 11.6. The summed E-state index contributed by atoms with van der Waals surface area (Å²) in [7, 11) is 0. The Labute approximate surface area is 180 Å². The summed E-state index contributed by atoms with van der Waals surface area (Å²) in [6.07, 6.45) is 8.85. The molecule has 0 aliphatic heterocycles. The lowest BCUT2D eigenvalue weighted by Crippen LogP contribution is -2.34. The Morgan fingerprint density at radius 1 is 1.13 bits per heavy atom. The SMILES string of the molecule is CCOC(=O)C=Cc1cc2c(o1)CCCC2c1ccc2c(c1)C(C)(C)CCC2(C)C. The number of aryl methyl sites for hydroxylation is 1. The number of hydrogen-bond donors (Lipinski definition) is 0. The molecule has 2 aliphatic rings. The van der Waals surface area contributed by atoms with Gasteiger partial charge in [-0.05, 0) is 72.3 Å². The Morgan fingerprint density at radius 3 is 2.60 bits per heavy atom. The zero-order chi connectivity index (χ0) is 21.5. The fourth-order valence-electron chi connectivity index (χ4n) is 5.17. The van der Waals surface area contributed by atoms with E-state index < -0.39 is 0 Å². The van der Waals surface area contributed by atoms with Crippen molar-refractivity contribution >= 4 is 12.0 Å². The van der Waals surface area contributed by atoms with Crippen LogP contribution in [0.2, 0.25) is 0 Å². The van der Waals surface area contributed by atoms with Crippen LogP contribution in [0.3, 0.4) is 0 Å². The zero-order valence-electron chi connectivity index (χ0n) is 19.0. The van der Waals surface area contributed by atoms with Crippen molar-refractivity contribution in [2.45, 2.75) is 83.5 Å². The number of ether oxygens (including phenoxy) is 1. The Morgan fingerprint density at radius 2 is 1.87 bits per heavy atom. The highest BCUT2D eigenvalue weighted by Crippen LogP contribution is 2.48. The lowest BCUT2D eigenvalue weighted by molar-refractivity contribution is -0.137. The van der Waals surface area contributed by atoms with Crippen LogP contribution in [0.4, 0.5) is 0 Å².